The molecule has 0 N–H and O–H groups in total. The Morgan fingerprint density at radius 1 is 0.938 bits per heavy atom. The zero-order valence-electron chi connectivity index (χ0n) is 9.77. The molecule has 0 aromatic heterocycles. The maximum absolute atomic E-state index is 11.4. The van der Waals surface area contributed by atoms with Crippen molar-refractivity contribution in [2.75, 3.05) is 0 Å². The first-order chi connectivity index (χ1) is 7.56. The van der Waals surface area contributed by atoms with Crippen molar-refractivity contribution in [1.29, 1.82) is 0 Å². The van der Waals surface area contributed by atoms with Gasteiger partial charge in [0.1, 0.15) is 0 Å². The summed E-state index contributed by atoms with van der Waals surface area (Å²) in [7, 11) is 0. The first-order valence-corrected chi connectivity index (χ1v) is 7.73. The van der Waals surface area contributed by atoms with E-state index < -0.39 is 0 Å². The molecule has 2 rings (SSSR count). The number of hydrogen-bond donors (Lipinski definition) is 0. The Balaban J connectivity index is 1.73. The zero-order chi connectivity index (χ0) is 11.7. The van der Waals surface area contributed by atoms with Gasteiger partial charge in [-0.1, -0.05) is 37.4 Å². The largest absolute Gasteiger partial charge is 0.287 e. The van der Waals surface area contributed by atoms with E-state index >= 15 is 0 Å². The fourth-order valence-corrected chi connectivity index (χ4v) is 4.96. The van der Waals surface area contributed by atoms with Crippen LogP contribution in [0.1, 0.15) is 39.5 Å². The quantitative estimate of drug-likeness (QED) is 0.779. The molecule has 2 heterocycles. The highest BCUT2D eigenvalue weighted by Crippen LogP contribution is 2.40. The van der Waals surface area contributed by atoms with Crippen molar-refractivity contribution in [2.24, 2.45) is 11.8 Å². The predicted molar refractivity (Wildman–Crippen MR) is 69.6 cm³/mol. The standard InChI is InChI=1S/C12H18O2S2/c1-7-5-9(15-11(7)13)3-4-10-6-8(2)12(14)16-10/h7-10H,3-6H2,1-2H3. The summed E-state index contributed by atoms with van der Waals surface area (Å²) in [5.74, 6) is 0.485. The lowest BCUT2D eigenvalue weighted by atomic mass is 10.0. The normalized spacial score (nSPS) is 39.6. The number of carbonyl (C=O) groups excluding carboxylic acids is 2. The minimum Gasteiger partial charge on any atom is -0.287 e. The molecule has 2 aliphatic rings. The molecule has 0 radical (unpaired) electrons. The van der Waals surface area contributed by atoms with Crippen LogP contribution in [0.3, 0.4) is 0 Å². The minimum atomic E-state index is 0.242. The lowest BCUT2D eigenvalue weighted by Crippen LogP contribution is -2.05. The van der Waals surface area contributed by atoms with E-state index in [0.29, 0.717) is 20.7 Å². The van der Waals surface area contributed by atoms with Crippen LogP contribution in [0, 0.1) is 11.8 Å². The summed E-state index contributed by atoms with van der Waals surface area (Å²) in [6.45, 7) is 4.04. The third kappa shape index (κ3) is 2.83. The molecule has 16 heavy (non-hydrogen) atoms. The molecule has 4 unspecified atom stereocenters. The maximum atomic E-state index is 11.4. The van der Waals surface area contributed by atoms with Gasteiger partial charge >= 0.3 is 0 Å². The second-order valence-corrected chi connectivity index (χ2v) is 7.58. The zero-order valence-corrected chi connectivity index (χ0v) is 11.4. The van der Waals surface area contributed by atoms with Crippen LogP contribution in [0.4, 0.5) is 0 Å². The fourth-order valence-electron chi connectivity index (χ4n) is 2.36. The van der Waals surface area contributed by atoms with Gasteiger partial charge in [0.25, 0.3) is 0 Å². The minimum absolute atomic E-state index is 0.242. The third-order valence-electron chi connectivity index (χ3n) is 3.41. The van der Waals surface area contributed by atoms with Gasteiger partial charge < -0.3 is 0 Å². The van der Waals surface area contributed by atoms with Crippen LogP contribution in [-0.2, 0) is 9.59 Å². The second-order valence-electron chi connectivity index (χ2n) is 4.97. The smallest absolute Gasteiger partial charge is 0.192 e. The maximum Gasteiger partial charge on any atom is 0.192 e. The molecule has 0 aromatic rings. The van der Waals surface area contributed by atoms with E-state index in [1.54, 1.807) is 0 Å². The van der Waals surface area contributed by atoms with Gasteiger partial charge in [0.05, 0.1) is 0 Å². The highest BCUT2D eigenvalue weighted by atomic mass is 32.2. The number of carbonyl (C=O) groups is 2. The van der Waals surface area contributed by atoms with E-state index in [1.165, 1.54) is 23.5 Å². The van der Waals surface area contributed by atoms with Gasteiger partial charge in [0.2, 0.25) is 0 Å². The van der Waals surface area contributed by atoms with Crippen molar-refractivity contribution in [2.45, 2.75) is 50.0 Å². The molecular weight excluding hydrogens is 240 g/mol. The molecule has 0 amide bonds. The highest BCUT2D eigenvalue weighted by molar-refractivity contribution is 8.14. The van der Waals surface area contributed by atoms with Gasteiger partial charge in [-0.3, -0.25) is 9.59 Å². The lowest BCUT2D eigenvalue weighted by Gasteiger charge is -2.11. The molecule has 2 saturated heterocycles. The monoisotopic (exact) mass is 258 g/mol. The van der Waals surface area contributed by atoms with Crippen LogP contribution in [0.5, 0.6) is 0 Å². The Hall–Kier alpha value is 0.0400. The van der Waals surface area contributed by atoms with Crippen LogP contribution in [0.25, 0.3) is 0 Å². The summed E-state index contributed by atoms with van der Waals surface area (Å²) in [6, 6.07) is 0. The number of hydrogen-bond acceptors (Lipinski definition) is 4. The van der Waals surface area contributed by atoms with Gasteiger partial charge in [-0.05, 0) is 25.7 Å². The molecule has 4 atom stereocenters. The van der Waals surface area contributed by atoms with Crippen LogP contribution in [0.2, 0.25) is 0 Å². The summed E-state index contributed by atoms with van der Waals surface area (Å²) < 4.78 is 0. The van der Waals surface area contributed by atoms with Gasteiger partial charge in [-0.25, -0.2) is 0 Å². The molecule has 0 spiro atoms. The van der Waals surface area contributed by atoms with E-state index in [-0.39, 0.29) is 11.8 Å². The number of thioether (sulfide) groups is 2. The van der Waals surface area contributed by atoms with Crippen molar-refractivity contribution in [3.8, 4) is 0 Å². The Kier molecular flexibility index (Phi) is 4.01. The highest BCUT2D eigenvalue weighted by Gasteiger charge is 2.33. The third-order valence-corrected chi connectivity index (χ3v) is 6.21. The molecule has 2 aliphatic heterocycles. The van der Waals surface area contributed by atoms with Gasteiger partial charge in [-0.2, -0.15) is 0 Å². The van der Waals surface area contributed by atoms with Crippen molar-refractivity contribution in [3.05, 3.63) is 0 Å². The molecule has 2 nitrogen and oxygen atoms in total. The van der Waals surface area contributed by atoms with Crippen molar-refractivity contribution in [1.82, 2.24) is 0 Å². The van der Waals surface area contributed by atoms with Crippen LogP contribution < -0.4 is 0 Å². The Morgan fingerprint density at radius 3 is 1.56 bits per heavy atom. The average Bonchev–Trinajstić information content (AvgIpc) is 2.70. The molecular formula is C12H18O2S2. The topological polar surface area (TPSA) is 34.1 Å². The summed E-state index contributed by atoms with van der Waals surface area (Å²) in [4.78, 5) is 22.8. The van der Waals surface area contributed by atoms with Crippen LogP contribution >= 0.6 is 23.5 Å². The van der Waals surface area contributed by atoms with Gasteiger partial charge in [0, 0.05) is 22.3 Å². The molecule has 4 heteroatoms. The van der Waals surface area contributed by atoms with Crippen molar-refractivity contribution in [3.63, 3.8) is 0 Å². The summed E-state index contributed by atoms with van der Waals surface area (Å²) in [5, 5.41) is 1.73. The fraction of sp³-hybridized carbons (Fsp3) is 0.833. The Bertz CT molecular complexity index is 273. The first-order valence-electron chi connectivity index (χ1n) is 5.97. The van der Waals surface area contributed by atoms with E-state index in [1.807, 2.05) is 13.8 Å². The lowest BCUT2D eigenvalue weighted by molar-refractivity contribution is -0.114. The predicted octanol–water partition coefficient (Wildman–Crippen LogP) is 3.10. The van der Waals surface area contributed by atoms with E-state index in [0.717, 1.165) is 25.7 Å². The number of rotatable bonds is 3. The van der Waals surface area contributed by atoms with E-state index in [9.17, 15) is 9.59 Å². The molecule has 0 aromatic carbocycles. The van der Waals surface area contributed by atoms with Crippen LogP contribution in [-0.4, -0.2) is 20.7 Å². The first kappa shape index (κ1) is 12.5. The Labute approximate surface area is 105 Å². The molecule has 2 fully saturated rings. The van der Waals surface area contributed by atoms with Crippen molar-refractivity contribution < 1.29 is 9.59 Å². The average molecular weight is 258 g/mol. The molecule has 0 aliphatic carbocycles. The van der Waals surface area contributed by atoms with E-state index in [4.69, 9.17) is 0 Å². The summed E-state index contributed by atoms with van der Waals surface area (Å²) in [6.07, 6.45) is 4.26. The summed E-state index contributed by atoms with van der Waals surface area (Å²) >= 11 is 3.05. The SMILES string of the molecule is CC1CC(CCC2CC(C)C(=O)S2)SC1=O. The van der Waals surface area contributed by atoms with E-state index in [2.05, 4.69) is 0 Å². The second kappa shape index (κ2) is 5.13. The van der Waals surface area contributed by atoms with Crippen LogP contribution in [0.15, 0.2) is 0 Å². The van der Waals surface area contributed by atoms with Gasteiger partial charge in [-0.15, -0.1) is 0 Å². The molecule has 0 saturated carbocycles. The molecule has 90 valence electrons. The van der Waals surface area contributed by atoms with Gasteiger partial charge in [0.15, 0.2) is 10.2 Å². The summed E-state index contributed by atoms with van der Waals surface area (Å²) in [5.41, 5.74) is 0. The van der Waals surface area contributed by atoms with Crippen molar-refractivity contribution >= 4 is 33.8 Å². The molecule has 0 bridgehead atoms. The Morgan fingerprint density at radius 2 is 1.31 bits per heavy atom.